The molecule has 3 rings (SSSR count). The summed E-state index contributed by atoms with van der Waals surface area (Å²) >= 11 is 0. The predicted octanol–water partition coefficient (Wildman–Crippen LogP) is 1.85. The van der Waals surface area contributed by atoms with E-state index < -0.39 is 0 Å². The minimum absolute atomic E-state index is 0.103. The second-order valence-corrected chi connectivity index (χ2v) is 7.22. The van der Waals surface area contributed by atoms with Crippen LogP contribution < -0.4 is 0 Å². The number of esters is 1. The minimum atomic E-state index is -0.153. The van der Waals surface area contributed by atoms with Gasteiger partial charge in [0.2, 0.25) is 5.91 Å². The van der Waals surface area contributed by atoms with Crippen LogP contribution in [0.2, 0.25) is 0 Å². The van der Waals surface area contributed by atoms with E-state index in [2.05, 4.69) is 9.88 Å². The average Bonchev–Trinajstić information content (AvgIpc) is 2.60. The Bertz CT molecular complexity index is 607. The first kappa shape index (κ1) is 17.9. The van der Waals surface area contributed by atoms with Crippen molar-refractivity contribution in [3.05, 3.63) is 30.1 Å². The lowest BCUT2D eigenvalue weighted by Crippen LogP contribution is -2.54. The van der Waals surface area contributed by atoms with Gasteiger partial charge in [-0.05, 0) is 50.4 Å². The van der Waals surface area contributed by atoms with Crippen molar-refractivity contribution in [3.8, 4) is 0 Å². The molecule has 0 saturated carbocycles. The molecule has 0 radical (unpaired) electrons. The molecule has 2 aliphatic heterocycles. The zero-order valence-electron chi connectivity index (χ0n) is 14.9. The van der Waals surface area contributed by atoms with Crippen molar-refractivity contribution in [2.45, 2.75) is 39.2 Å². The van der Waals surface area contributed by atoms with Gasteiger partial charge in [0.25, 0.3) is 0 Å². The highest BCUT2D eigenvalue weighted by atomic mass is 16.5. The topological polar surface area (TPSA) is 62.7 Å². The zero-order valence-corrected chi connectivity index (χ0v) is 14.9. The molecule has 1 spiro atoms. The smallest absolute Gasteiger partial charge is 0.320 e. The number of carbonyl (C=O) groups is 2. The molecule has 0 aliphatic carbocycles. The lowest BCUT2D eigenvalue weighted by atomic mass is 9.73. The molecule has 0 unspecified atom stereocenters. The monoisotopic (exact) mass is 345 g/mol. The molecule has 1 aromatic heterocycles. The van der Waals surface area contributed by atoms with Gasteiger partial charge in [0.1, 0.15) is 0 Å². The summed E-state index contributed by atoms with van der Waals surface area (Å²) in [6, 6.07) is 3.92. The Labute approximate surface area is 149 Å². The number of aromatic nitrogens is 1. The second-order valence-electron chi connectivity index (χ2n) is 7.22. The lowest BCUT2D eigenvalue weighted by molar-refractivity contribution is -0.147. The third-order valence-electron chi connectivity index (χ3n) is 5.27. The molecule has 2 aliphatic rings. The van der Waals surface area contributed by atoms with Gasteiger partial charge in [-0.1, -0.05) is 0 Å². The van der Waals surface area contributed by atoms with E-state index >= 15 is 0 Å². The van der Waals surface area contributed by atoms with Crippen molar-refractivity contribution in [2.75, 3.05) is 32.8 Å². The number of ether oxygens (including phenoxy) is 1. The van der Waals surface area contributed by atoms with E-state index in [1.165, 1.54) is 0 Å². The number of hydrogen-bond donors (Lipinski definition) is 0. The van der Waals surface area contributed by atoms with Crippen LogP contribution in [0.25, 0.3) is 0 Å². The molecule has 2 saturated heterocycles. The Balaban J connectivity index is 1.64. The molecule has 136 valence electrons. The van der Waals surface area contributed by atoms with Gasteiger partial charge in [-0.3, -0.25) is 19.5 Å². The zero-order chi connectivity index (χ0) is 17.7. The fourth-order valence-corrected chi connectivity index (χ4v) is 4.12. The molecule has 1 aromatic rings. The fourth-order valence-electron chi connectivity index (χ4n) is 4.12. The molecular formula is C19H27N3O3. The van der Waals surface area contributed by atoms with Crippen LogP contribution in [0.1, 0.15) is 38.2 Å². The summed E-state index contributed by atoms with van der Waals surface area (Å²) in [5.74, 6) is 0.0741. The van der Waals surface area contributed by atoms with Gasteiger partial charge in [-0.25, -0.2) is 0 Å². The Kier molecular flexibility index (Phi) is 5.68. The molecule has 1 amide bonds. The van der Waals surface area contributed by atoms with Gasteiger partial charge in [0, 0.05) is 43.9 Å². The SMILES string of the molecule is CCOC(=O)CN1CCC[C@]2(CCC(=O)N(Cc3ccncc3)C2)C1. The van der Waals surface area contributed by atoms with Crippen molar-refractivity contribution < 1.29 is 14.3 Å². The maximum atomic E-state index is 12.4. The van der Waals surface area contributed by atoms with Crippen LogP contribution in [-0.4, -0.2) is 59.4 Å². The minimum Gasteiger partial charge on any atom is -0.465 e. The van der Waals surface area contributed by atoms with Gasteiger partial charge >= 0.3 is 5.97 Å². The van der Waals surface area contributed by atoms with E-state index in [4.69, 9.17) is 4.74 Å². The third kappa shape index (κ3) is 4.57. The number of piperidine rings is 2. The van der Waals surface area contributed by atoms with Gasteiger partial charge < -0.3 is 9.64 Å². The number of carbonyl (C=O) groups excluding carboxylic acids is 2. The fraction of sp³-hybridized carbons (Fsp3) is 0.632. The first-order chi connectivity index (χ1) is 12.1. The molecule has 25 heavy (non-hydrogen) atoms. The van der Waals surface area contributed by atoms with E-state index in [9.17, 15) is 9.59 Å². The van der Waals surface area contributed by atoms with E-state index in [0.717, 1.165) is 44.5 Å². The van der Waals surface area contributed by atoms with E-state index in [1.54, 1.807) is 12.4 Å². The van der Waals surface area contributed by atoms with Crippen LogP contribution >= 0.6 is 0 Å². The van der Waals surface area contributed by atoms with Gasteiger partial charge in [0.05, 0.1) is 13.2 Å². The van der Waals surface area contributed by atoms with Crippen LogP contribution in [-0.2, 0) is 20.9 Å². The molecule has 6 nitrogen and oxygen atoms in total. The summed E-state index contributed by atoms with van der Waals surface area (Å²) in [6.45, 7) is 5.82. The summed E-state index contributed by atoms with van der Waals surface area (Å²) in [5.41, 5.74) is 1.21. The number of hydrogen-bond acceptors (Lipinski definition) is 5. The Morgan fingerprint density at radius 2 is 2.08 bits per heavy atom. The predicted molar refractivity (Wildman–Crippen MR) is 93.6 cm³/mol. The highest BCUT2D eigenvalue weighted by molar-refractivity contribution is 5.77. The number of nitrogens with zero attached hydrogens (tertiary/aromatic N) is 3. The molecule has 0 N–H and O–H groups in total. The normalized spacial score (nSPS) is 24.5. The van der Waals surface area contributed by atoms with Gasteiger partial charge in [-0.2, -0.15) is 0 Å². The molecule has 3 heterocycles. The van der Waals surface area contributed by atoms with E-state index in [-0.39, 0.29) is 17.3 Å². The molecule has 0 aromatic carbocycles. The van der Waals surface area contributed by atoms with Crippen molar-refractivity contribution in [3.63, 3.8) is 0 Å². The molecule has 6 heteroatoms. The van der Waals surface area contributed by atoms with Crippen molar-refractivity contribution >= 4 is 11.9 Å². The van der Waals surface area contributed by atoms with Gasteiger partial charge in [-0.15, -0.1) is 0 Å². The molecule has 1 atom stereocenters. The van der Waals surface area contributed by atoms with Gasteiger partial charge in [0.15, 0.2) is 0 Å². The number of rotatable bonds is 5. The highest BCUT2D eigenvalue weighted by Gasteiger charge is 2.41. The largest absolute Gasteiger partial charge is 0.465 e. The standard InChI is InChI=1S/C19H27N3O3/c1-2-25-18(24)13-21-11-3-7-19(14-21)8-4-17(23)22(15-19)12-16-5-9-20-10-6-16/h5-6,9-10H,2-4,7-8,11-15H2,1H3/t19-/m0/s1. The van der Waals surface area contributed by atoms with Crippen molar-refractivity contribution in [1.29, 1.82) is 0 Å². The Morgan fingerprint density at radius 1 is 1.28 bits per heavy atom. The van der Waals surface area contributed by atoms with Crippen LogP contribution in [0, 0.1) is 5.41 Å². The summed E-state index contributed by atoms with van der Waals surface area (Å²) in [4.78, 5) is 32.4. The quantitative estimate of drug-likeness (QED) is 0.762. The average molecular weight is 345 g/mol. The summed E-state index contributed by atoms with van der Waals surface area (Å²) in [5, 5.41) is 0. The summed E-state index contributed by atoms with van der Waals surface area (Å²) in [6.07, 6.45) is 7.22. The maximum Gasteiger partial charge on any atom is 0.320 e. The number of amides is 1. The number of likely N-dealkylation sites (tertiary alicyclic amines) is 2. The summed E-state index contributed by atoms with van der Waals surface area (Å²) < 4.78 is 5.09. The third-order valence-corrected chi connectivity index (χ3v) is 5.27. The van der Waals surface area contributed by atoms with Crippen LogP contribution in [0.15, 0.2) is 24.5 Å². The first-order valence-electron chi connectivity index (χ1n) is 9.15. The Morgan fingerprint density at radius 3 is 2.84 bits per heavy atom. The lowest BCUT2D eigenvalue weighted by Gasteiger charge is -2.48. The maximum absolute atomic E-state index is 12.4. The highest BCUT2D eigenvalue weighted by Crippen LogP contribution is 2.39. The van der Waals surface area contributed by atoms with Crippen LogP contribution in [0.4, 0.5) is 0 Å². The molecular weight excluding hydrogens is 318 g/mol. The van der Waals surface area contributed by atoms with E-state index in [0.29, 0.717) is 26.1 Å². The molecule has 2 fully saturated rings. The van der Waals surface area contributed by atoms with E-state index in [1.807, 2.05) is 24.0 Å². The van der Waals surface area contributed by atoms with Crippen molar-refractivity contribution in [2.24, 2.45) is 5.41 Å². The second kappa shape index (κ2) is 7.95. The van der Waals surface area contributed by atoms with Crippen molar-refractivity contribution in [1.82, 2.24) is 14.8 Å². The Hall–Kier alpha value is -1.95. The molecule has 0 bridgehead atoms. The van der Waals surface area contributed by atoms with Crippen LogP contribution in [0.3, 0.4) is 0 Å². The first-order valence-corrected chi connectivity index (χ1v) is 9.15. The van der Waals surface area contributed by atoms with Crippen LogP contribution in [0.5, 0.6) is 0 Å². The number of pyridine rings is 1. The summed E-state index contributed by atoms with van der Waals surface area (Å²) in [7, 11) is 0.